The molecule has 1 aliphatic heterocycles. The van der Waals surface area contributed by atoms with E-state index in [4.69, 9.17) is 5.73 Å². The second-order valence-corrected chi connectivity index (χ2v) is 6.19. The van der Waals surface area contributed by atoms with Crippen molar-refractivity contribution >= 4 is 0 Å². The van der Waals surface area contributed by atoms with Gasteiger partial charge >= 0.3 is 0 Å². The Morgan fingerprint density at radius 2 is 2.05 bits per heavy atom. The SMILES string of the molecule is CCC(CCN)CCCN1CCC(c2ccccc2)C1. The van der Waals surface area contributed by atoms with Gasteiger partial charge in [-0.25, -0.2) is 0 Å². The number of hydrogen-bond donors (Lipinski definition) is 1. The summed E-state index contributed by atoms with van der Waals surface area (Å²) in [6, 6.07) is 11.0. The standard InChI is InChI=1S/C18H30N2/c1-2-16(10-12-19)7-6-13-20-14-11-18(15-20)17-8-4-3-5-9-17/h3-5,8-9,16,18H,2,6-7,10-15,19H2,1H3. The molecule has 0 spiro atoms. The van der Waals surface area contributed by atoms with Gasteiger partial charge in [-0.2, -0.15) is 0 Å². The molecule has 2 rings (SSSR count). The molecule has 0 radical (unpaired) electrons. The van der Waals surface area contributed by atoms with Gasteiger partial charge in [-0.1, -0.05) is 43.7 Å². The normalized spacial score (nSPS) is 21.2. The Hall–Kier alpha value is -0.860. The molecule has 0 bridgehead atoms. The van der Waals surface area contributed by atoms with Gasteiger partial charge in [0, 0.05) is 6.54 Å². The molecule has 1 heterocycles. The number of rotatable bonds is 8. The summed E-state index contributed by atoms with van der Waals surface area (Å²) < 4.78 is 0. The first-order chi connectivity index (χ1) is 9.83. The summed E-state index contributed by atoms with van der Waals surface area (Å²) in [6.45, 7) is 6.93. The van der Waals surface area contributed by atoms with Gasteiger partial charge in [-0.15, -0.1) is 0 Å². The van der Waals surface area contributed by atoms with Crippen LogP contribution in [-0.2, 0) is 0 Å². The van der Waals surface area contributed by atoms with Gasteiger partial charge in [0.15, 0.2) is 0 Å². The first kappa shape index (κ1) is 15.5. The fraction of sp³-hybridized carbons (Fsp3) is 0.667. The first-order valence-electron chi connectivity index (χ1n) is 8.30. The van der Waals surface area contributed by atoms with E-state index in [0.29, 0.717) is 0 Å². The summed E-state index contributed by atoms with van der Waals surface area (Å²) in [6.07, 6.45) is 6.48. The summed E-state index contributed by atoms with van der Waals surface area (Å²) in [5.41, 5.74) is 7.19. The fourth-order valence-electron chi connectivity index (χ4n) is 3.42. The summed E-state index contributed by atoms with van der Waals surface area (Å²) in [7, 11) is 0. The lowest BCUT2D eigenvalue weighted by Crippen LogP contribution is -2.22. The zero-order valence-corrected chi connectivity index (χ0v) is 12.9. The van der Waals surface area contributed by atoms with Gasteiger partial charge in [0.2, 0.25) is 0 Å². The summed E-state index contributed by atoms with van der Waals surface area (Å²) in [5, 5.41) is 0. The van der Waals surface area contributed by atoms with E-state index in [0.717, 1.165) is 18.4 Å². The molecule has 1 saturated heterocycles. The lowest BCUT2D eigenvalue weighted by molar-refractivity contribution is 0.306. The van der Waals surface area contributed by atoms with E-state index < -0.39 is 0 Å². The minimum atomic E-state index is 0.752. The van der Waals surface area contributed by atoms with Crippen LogP contribution >= 0.6 is 0 Å². The zero-order chi connectivity index (χ0) is 14.2. The third-order valence-corrected chi connectivity index (χ3v) is 4.78. The molecule has 1 aromatic carbocycles. The van der Waals surface area contributed by atoms with Crippen LogP contribution in [0.25, 0.3) is 0 Å². The first-order valence-corrected chi connectivity index (χ1v) is 8.30. The fourth-order valence-corrected chi connectivity index (χ4v) is 3.42. The van der Waals surface area contributed by atoms with E-state index in [2.05, 4.69) is 42.2 Å². The molecule has 20 heavy (non-hydrogen) atoms. The molecule has 0 amide bonds. The third-order valence-electron chi connectivity index (χ3n) is 4.78. The topological polar surface area (TPSA) is 29.3 Å². The second kappa shape index (κ2) is 8.43. The molecule has 1 aliphatic rings. The van der Waals surface area contributed by atoms with Crippen molar-refractivity contribution in [1.29, 1.82) is 0 Å². The van der Waals surface area contributed by atoms with Gasteiger partial charge in [-0.3, -0.25) is 0 Å². The molecule has 2 nitrogen and oxygen atoms in total. The molecular weight excluding hydrogens is 244 g/mol. The summed E-state index contributed by atoms with van der Waals surface area (Å²) >= 11 is 0. The quantitative estimate of drug-likeness (QED) is 0.784. The molecule has 2 heteroatoms. The van der Waals surface area contributed by atoms with Crippen molar-refractivity contribution in [2.45, 2.75) is 44.9 Å². The molecule has 0 saturated carbocycles. The maximum absolute atomic E-state index is 5.67. The Kier molecular flexibility index (Phi) is 6.55. The minimum absolute atomic E-state index is 0.752. The van der Waals surface area contributed by atoms with Crippen LogP contribution in [0.4, 0.5) is 0 Å². The number of hydrogen-bond acceptors (Lipinski definition) is 2. The number of benzene rings is 1. The number of likely N-dealkylation sites (tertiary alicyclic amines) is 1. The van der Waals surface area contributed by atoms with Gasteiger partial charge in [0.05, 0.1) is 0 Å². The lowest BCUT2D eigenvalue weighted by Gasteiger charge is -2.18. The van der Waals surface area contributed by atoms with E-state index in [-0.39, 0.29) is 0 Å². The average Bonchev–Trinajstić information content (AvgIpc) is 2.96. The Labute approximate surface area is 124 Å². The van der Waals surface area contributed by atoms with E-state index in [9.17, 15) is 0 Å². The minimum Gasteiger partial charge on any atom is -0.330 e. The number of nitrogens with two attached hydrogens (primary N) is 1. The summed E-state index contributed by atoms with van der Waals surface area (Å²) in [5.74, 6) is 1.59. The van der Waals surface area contributed by atoms with Crippen molar-refractivity contribution in [2.24, 2.45) is 11.7 Å². The molecular formula is C18H30N2. The van der Waals surface area contributed by atoms with Gasteiger partial charge in [0.25, 0.3) is 0 Å². The van der Waals surface area contributed by atoms with Crippen LogP contribution in [0.1, 0.15) is 50.5 Å². The highest BCUT2D eigenvalue weighted by Gasteiger charge is 2.23. The van der Waals surface area contributed by atoms with Crippen molar-refractivity contribution in [3.63, 3.8) is 0 Å². The van der Waals surface area contributed by atoms with Crippen molar-refractivity contribution < 1.29 is 0 Å². The predicted molar refractivity (Wildman–Crippen MR) is 86.9 cm³/mol. The Bertz CT molecular complexity index is 363. The molecule has 2 unspecified atom stereocenters. The van der Waals surface area contributed by atoms with Crippen LogP contribution in [0.5, 0.6) is 0 Å². The molecule has 0 aliphatic carbocycles. The van der Waals surface area contributed by atoms with Crippen LogP contribution in [0, 0.1) is 5.92 Å². The van der Waals surface area contributed by atoms with Crippen LogP contribution in [-0.4, -0.2) is 31.1 Å². The second-order valence-electron chi connectivity index (χ2n) is 6.19. The van der Waals surface area contributed by atoms with Gasteiger partial charge < -0.3 is 10.6 Å². The monoisotopic (exact) mass is 274 g/mol. The molecule has 1 aromatic rings. The maximum Gasteiger partial charge on any atom is 0.00507 e. The van der Waals surface area contributed by atoms with Crippen LogP contribution in [0.2, 0.25) is 0 Å². The van der Waals surface area contributed by atoms with E-state index in [1.165, 1.54) is 57.3 Å². The van der Waals surface area contributed by atoms with Gasteiger partial charge in [0.1, 0.15) is 0 Å². The Morgan fingerprint density at radius 3 is 2.75 bits per heavy atom. The predicted octanol–water partition coefficient (Wildman–Crippen LogP) is 3.63. The molecule has 1 fully saturated rings. The van der Waals surface area contributed by atoms with Crippen molar-refractivity contribution in [2.75, 3.05) is 26.2 Å². The van der Waals surface area contributed by atoms with Crippen LogP contribution in [0.15, 0.2) is 30.3 Å². The van der Waals surface area contributed by atoms with Crippen LogP contribution < -0.4 is 5.73 Å². The molecule has 112 valence electrons. The van der Waals surface area contributed by atoms with Crippen molar-refractivity contribution in [3.8, 4) is 0 Å². The molecule has 0 aromatic heterocycles. The Balaban J connectivity index is 1.69. The smallest absolute Gasteiger partial charge is 0.00507 e. The molecule has 2 atom stereocenters. The summed E-state index contributed by atoms with van der Waals surface area (Å²) in [4.78, 5) is 2.65. The largest absolute Gasteiger partial charge is 0.330 e. The zero-order valence-electron chi connectivity index (χ0n) is 12.9. The Morgan fingerprint density at radius 1 is 1.25 bits per heavy atom. The van der Waals surface area contributed by atoms with E-state index in [1.54, 1.807) is 0 Å². The molecule has 2 N–H and O–H groups in total. The third kappa shape index (κ3) is 4.60. The van der Waals surface area contributed by atoms with Crippen molar-refractivity contribution in [3.05, 3.63) is 35.9 Å². The highest BCUT2D eigenvalue weighted by molar-refractivity contribution is 5.20. The highest BCUT2D eigenvalue weighted by atomic mass is 15.1. The van der Waals surface area contributed by atoms with Gasteiger partial charge in [-0.05, 0) is 62.7 Å². The van der Waals surface area contributed by atoms with E-state index in [1.807, 2.05) is 0 Å². The van der Waals surface area contributed by atoms with Crippen LogP contribution in [0.3, 0.4) is 0 Å². The average molecular weight is 274 g/mol. The highest BCUT2D eigenvalue weighted by Crippen LogP contribution is 2.27. The van der Waals surface area contributed by atoms with Crippen molar-refractivity contribution in [1.82, 2.24) is 4.90 Å². The lowest BCUT2D eigenvalue weighted by atomic mass is 9.96. The van der Waals surface area contributed by atoms with E-state index >= 15 is 0 Å². The maximum atomic E-state index is 5.67. The number of nitrogens with zero attached hydrogens (tertiary/aromatic N) is 1.